The number of anilines is 1. The highest BCUT2D eigenvalue weighted by Crippen LogP contribution is 2.28. The molecular formula is C17H26N5O2P. The van der Waals surface area contributed by atoms with Gasteiger partial charge in [-0.25, -0.2) is 0 Å². The Morgan fingerprint density at radius 1 is 1.40 bits per heavy atom. The maximum Gasteiger partial charge on any atom is 0.213 e. The molecular weight excluding hydrogens is 337 g/mol. The summed E-state index contributed by atoms with van der Waals surface area (Å²) in [5.74, 6) is 1.90. The van der Waals surface area contributed by atoms with Gasteiger partial charge in [-0.2, -0.15) is 5.10 Å². The number of nitrogens with two attached hydrogens (primary N) is 1. The summed E-state index contributed by atoms with van der Waals surface area (Å²) < 4.78 is 10.7. The van der Waals surface area contributed by atoms with Gasteiger partial charge in [-0.05, 0) is 37.1 Å². The Morgan fingerprint density at radius 3 is 2.96 bits per heavy atom. The second-order valence-electron chi connectivity index (χ2n) is 5.50. The number of hydrogen-bond acceptors (Lipinski definition) is 6. The molecule has 0 aliphatic rings. The van der Waals surface area contributed by atoms with Crippen LogP contribution in [-0.2, 0) is 9.47 Å². The molecule has 1 aromatic heterocycles. The molecule has 8 heteroatoms. The molecule has 7 nitrogen and oxygen atoms in total. The van der Waals surface area contributed by atoms with Gasteiger partial charge in [0.25, 0.3) is 0 Å². The number of H-pyrrole nitrogens is 1. The zero-order valence-electron chi connectivity index (χ0n) is 14.5. The van der Waals surface area contributed by atoms with Gasteiger partial charge in [-0.1, -0.05) is 5.82 Å². The lowest BCUT2D eigenvalue weighted by atomic mass is 10.0. The standard InChI is InChI=1S/C17H26N5O2P/c1-23-17(19)14(11-25)12-8-15(13-10-21-22-16(13)9-12)20-5-7-24-6-3-2-4-18/h8-11,19-20H,2-7,18,25H2,1H3,(H,21,22)/b14-11-,19-17?. The number of nitrogens with one attached hydrogen (secondary N) is 3. The monoisotopic (exact) mass is 363 g/mol. The van der Waals surface area contributed by atoms with Crippen LogP contribution in [0.3, 0.4) is 0 Å². The summed E-state index contributed by atoms with van der Waals surface area (Å²) in [6.45, 7) is 2.74. The number of fused-ring (bicyclic) bond motifs is 1. The first-order valence-corrected chi connectivity index (χ1v) is 8.92. The molecule has 136 valence electrons. The molecule has 0 saturated heterocycles. The molecule has 5 N–H and O–H groups in total. The predicted molar refractivity (Wildman–Crippen MR) is 106 cm³/mol. The Hall–Kier alpha value is -1.95. The van der Waals surface area contributed by atoms with Crippen LogP contribution in [0.5, 0.6) is 0 Å². The van der Waals surface area contributed by atoms with Crippen molar-refractivity contribution < 1.29 is 9.47 Å². The SMILES string of the molecule is COC(=N)/C(=C\P)c1cc(NCCOCCCCN)c2cn[nH]c2c1. The summed E-state index contributed by atoms with van der Waals surface area (Å²) in [5.41, 5.74) is 8.89. The number of unbranched alkanes of at least 4 members (excludes halogenated alkanes) is 1. The average Bonchev–Trinajstić information content (AvgIpc) is 3.10. The molecule has 0 radical (unpaired) electrons. The molecule has 0 spiro atoms. The molecule has 2 rings (SSSR count). The molecule has 0 fully saturated rings. The second-order valence-corrected chi connectivity index (χ2v) is 5.84. The van der Waals surface area contributed by atoms with Crippen LogP contribution in [0.15, 0.2) is 24.1 Å². The first kappa shape index (κ1) is 19.4. The number of methoxy groups -OCH3 is 1. The fraction of sp³-hybridized carbons (Fsp3) is 0.412. The third-order valence-electron chi connectivity index (χ3n) is 3.79. The van der Waals surface area contributed by atoms with E-state index in [1.54, 1.807) is 12.0 Å². The van der Waals surface area contributed by atoms with E-state index in [4.69, 9.17) is 20.6 Å². The minimum Gasteiger partial charge on any atom is -0.481 e. The zero-order valence-corrected chi connectivity index (χ0v) is 15.6. The smallest absolute Gasteiger partial charge is 0.213 e. The zero-order chi connectivity index (χ0) is 18.1. The summed E-state index contributed by atoms with van der Waals surface area (Å²) in [5, 5.41) is 19.4. The normalized spacial score (nSPS) is 11.7. The molecule has 0 saturated carbocycles. The van der Waals surface area contributed by atoms with Gasteiger partial charge < -0.3 is 20.5 Å². The van der Waals surface area contributed by atoms with Crippen LogP contribution in [0.2, 0.25) is 0 Å². The molecule has 0 bridgehead atoms. The van der Waals surface area contributed by atoms with Crippen molar-refractivity contribution in [3.8, 4) is 0 Å². The fourth-order valence-electron chi connectivity index (χ4n) is 2.47. The van der Waals surface area contributed by atoms with Gasteiger partial charge in [-0.3, -0.25) is 10.5 Å². The second kappa shape index (κ2) is 10.1. The predicted octanol–water partition coefficient (Wildman–Crippen LogP) is 2.57. The van der Waals surface area contributed by atoms with Crippen molar-refractivity contribution in [3.63, 3.8) is 0 Å². The van der Waals surface area contributed by atoms with Gasteiger partial charge in [0.15, 0.2) is 0 Å². The van der Waals surface area contributed by atoms with E-state index in [1.807, 2.05) is 12.1 Å². The Morgan fingerprint density at radius 2 is 2.24 bits per heavy atom. The van der Waals surface area contributed by atoms with Crippen LogP contribution in [0.4, 0.5) is 5.69 Å². The van der Waals surface area contributed by atoms with Crippen LogP contribution in [0, 0.1) is 5.41 Å². The van der Waals surface area contributed by atoms with Crippen molar-refractivity contribution >= 4 is 37.3 Å². The lowest BCUT2D eigenvalue weighted by Crippen LogP contribution is -2.11. The number of aromatic amines is 1. The maximum atomic E-state index is 7.94. The number of ether oxygens (including phenoxy) is 2. The highest BCUT2D eigenvalue weighted by atomic mass is 31.0. The van der Waals surface area contributed by atoms with Gasteiger partial charge in [0.05, 0.1) is 25.4 Å². The van der Waals surface area contributed by atoms with Crippen molar-refractivity contribution in [2.75, 3.05) is 38.7 Å². The number of aromatic nitrogens is 2. The third-order valence-corrected chi connectivity index (χ3v) is 4.12. The van der Waals surface area contributed by atoms with E-state index in [-0.39, 0.29) is 5.90 Å². The van der Waals surface area contributed by atoms with Crippen molar-refractivity contribution in [2.24, 2.45) is 5.73 Å². The Balaban J connectivity index is 2.08. The molecule has 1 unspecified atom stereocenters. The average molecular weight is 363 g/mol. The molecule has 0 aliphatic heterocycles. The van der Waals surface area contributed by atoms with Gasteiger partial charge >= 0.3 is 0 Å². The van der Waals surface area contributed by atoms with Crippen LogP contribution in [0.1, 0.15) is 18.4 Å². The van der Waals surface area contributed by atoms with Gasteiger partial charge in [0, 0.05) is 29.8 Å². The topological polar surface area (TPSA) is 109 Å². The van der Waals surface area contributed by atoms with Crippen LogP contribution >= 0.6 is 9.24 Å². The van der Waals surface area contributed by atoms with Gasteiger partial charge in [0.1, 0.15) is 0 Å². The summed E-state index contributed by atoms with van der Waals surface area (Å²) in [4.78, 5) is 0. The lowest BCUT2D eigenvalue weighted by molar-refractivity contribution is 0.140. The summed E-state index contributed by atoms with van der Waals surface area (Å²) in [6, 6.07) is 3.95. The van der Waals surface area contributed by atoms with Crippen LogP contribution in [0.25, 0.3) is 16.5 Å². The van der Waals surface area contributed by atoms with Gasteiger partial charge in [0.2, 0.25) is 5.90 Å². The van der Waals surface area contributed by atoms with E-state index < -0.39 is 0 Å². The fourth-order valence-corrected chi connectivity index (χ4v) is 2.82. The third kappa shape index (κ3) is 5.26. The molecule has 1 aromatic carbocycles. The number of hydrogen-bond donors (Lipinski definition) is 4. The van der Waals surface area contributed by atoms with E-state index in [0.717, 1.165) is 41.6 Å². The number of rotatable bonds is 10. The largest absolute Gasteiger partial charge is 0.481 e. The van der Waals surface area contributed by atoms with Crippen molar-refractivity contribution in [2.45, 2.75) is 12.8 Å². The summed E-state index contributed by atoms with van der Waals surface area (Å²) in [7, 11) is 4.01. The van der Waals surface area contributed by atoms with E-state index in [2.05, 4.69) is 24.8 Å². The first-order chi connectivity index (χ1) is 12.2. The molecule has 0 aliphatic carbocycles. The van der Waals surface area contributed by atoms with E-state index >= 15 is 0 Å². The van der Waals surface area contributed by atoms with Crippen molar-refractivity contribution in [1.82, 2.24) is 10.2 Å². The van der Waals surface area contributed by atoms with Crippen molar-refractivity contribution in [1.29, 1.82) is 5.41 Å². The highest BCUT2D eigenvalue weighted by molar-refractivity contribution is 7.21. The first-order valence-electron chi connectivity index (χ1n) is 8.25. The van der Waals surface area contributed by atoms with E-state index in [1.165, 1.54) is 7.11 Å². The van der Waals surface area contributed by atoms with E-state index in [0.29, 0.717) is 25.3 Å². The molecule has 1 atom stereocenters. The Bertz CT molecular complexity index is 729. The Labute approximate surface area is 150 Å². The summed E-state index contributed by atoms with van der Waals surface area (Å²) in [6.07, 6.45) is 3.76. The molecule has 2 aromatic rings. The minimum atomic E-state index is 0.114. The van der Waals surface area contributed by atoms with Crippen molar-refractivity contribution in [3.05, 3.63) is 29.7 Å². The minimum absolute atomic E-state index is 0.114. The van der Waals surface area contributed by atoms with Crippen LogP contribution < -0.4 is 11.1 Å². The molecule has 25 heavy (non-hydrogen) atoms. The Kier molecular flexibility index (Phi) is 7.85. The quantitative estimate of drug-likeness (QED) is 0.224. The lowest BCUT2D eigenvalue weighted by Gasteiger charge is -2.13. The maximum absolute atomic E-state index is 7.94. The van der Waals surface area contributed by atoms with Crippen LogP contribution in [-0.4, -0.2) is 49.5 Å². The number of nitrogens with zero attached hydrogens (tertiary/aromatic N) is 1. The van der Waals surface area contributed by atoms with E-state index in [9.17, 15) is 0 Å². The summed E-state index contributed by atoms with van der Waals surface area (Å²) >= 11 is 0. The number of benzene rings is 1. The van der Waals surface area contributed by atoms with Gasteiger partial charge in [-0.15, -0.1) is 9.24 Å². The highest BCUT2D eigenvalue weighted by Gasteiger charge is 2.12. The molecule has 0 amide bonds. The molecule has 1 heterocycles.